The second-order valence-corrected chi connectivity index (χ2v) is 4.21. The van der Waals surface area contributed by atoms with Gasteiger partial charge in [0, 0.05) is 0 Å². The molecule has 0 aliphatic carbocycles. The van der Waals surface area contributed by atoms with Gasteiger partial charge < -0.3 is 10.1 Å². The first kappa shape index (κ1) is 11.5. The topological polar surface area (TPSA) is 38.3 Å². The van der Waals surface area contributed by atoms with Crippen molar-refractivity contribution in [1.82, 2.24) is 5.32 Å². The first-order valence-corrected chi connectivity index (χ1v) is 5.50. The van der Waals surface area contributed by atoms with E-state index in [1.165, 1.54) is 13.5 Å². The highest BCUT2D eigenvalue weighted by molar-refractivity contribution is 5.75. The molecular formula is C11H21NO2. The van der Waals surface area contributed by atoms with Crippen molar-refractivity contribution in [1.29, 1.82) is 0 Å². The molecule has 0 aromatic carbocycles. The summed E-state index contributed by atoms with van der Waals surface area (Å²) < 4.78 is 4.71. The largest absolute Gasteiger partial charge is 0.468 e. The van der Waals surface area contributed by atoms with Crippen LogP contribution in [0.25, 0.3) is 0 Å². The zero-order valence-corrected chi connectivity index (χ0v) is 9.38. The Morgan fingerprint density at radius 3 is 2.71 bits per heavy atom. The van der Waals surface area contributed by atoms with Gasteiger partial charge in [-0.25, -0.2) is 0 Å². The van der Waals surface area contributed by atoms with E-state index >= 15 is 0 Å². The number of hydrogen-bond acceptors (Lipinski definition) is 3. The maximum atomic E-state index is 11.2. The molecule has 1 aliphatic rings. The Labute approximate surface area is 86.2 Å². The molecule has 0 amide bonds. The fourth-order valence-corrected chi connectivity index (χ4v) is 2.04. The molecule has 1 N–H and O–H groups in total. The summed E-state index contributed by atoms with van der Waals surface area (Å²) in [4.78, 5) is 11.2. The van der Waals surface area contributed by atoms with Gasteiger partial charge in [-0.15, -0.1) is 0 Å². The van der Waals surface area contributed by atoms with E-state index in [1.54, 1.807) is 0 Å². The van der Waals surface area contributed by atoms with Crippen LogP contribution in [0.15, 0.2) is 0 Å². The molecule has 82 valence electrons. The average molecular weight is 199 g/mol. The molecule has 14 heavy (non-hydrogen) atoms. The third kappa shape index (κ3) is 2.71. The fourth-order valence-electron chi connectivity index (χ4n) is 2.04. The van der Waals surface area contributed by atoms with Gasteiger partial charge in [0.25, 0.3) is 0 Å². The lowest BCUT2D eigenvalue weighted by atomic mass is 9.84. The predicted octanol–water partition coefficient (Wildman–Crippen LogP) is 1.57. The molecule has 0 aromatic heterocycles. The van der Waals surface area contributed by atoms with Crippen LogP contribution in [0.4, 0.5) is 0 Å². The summed E-state index contributed by atoms with van der Waals surface area (Å²) in [5.74, 6) is 1.36. The summed E-state index contributed by atoms with van der Waals surface area (Å²) in [6, 6.07) is -0.0692. The Balaban J connectivity index is 2.34. The van der Waals surface area contributed by atoms with E-state index in [4.69, 9.17) is 4.74 Å². The Bertz CT molecular complexity index is 186. The minimum atomic E-state index is -0.118. The van der Waals surface area contributed by atoms with Crippen molar-refractivity contribution < 1.29 is 9.53 Å². The highest BCUT2D eigenvalue weighted by atomic mass is 16.5. The third-order valence-electron chi connectivity index (χ3n) is 3.39. The first-order chi connectivity index (χ1) is 6.69. The number of ether oxygens (including phenoxy) is 1. The van der Waals surface area contributed by atoms with Crippen molar-refractivity contribution >= 4 is 5.97 Å². The van der Waals surface area contributed by atoms with Crippen LogP contribution in [0.1, 0.15) is 33.1 Å². The van der Waals surface area contributed by atoms with Gasteiger partial charge in [-0.2, -0.15) is 0 Å². The van der Waals surface area contributed by atoms with E-state index in [0.717, 1.165) is 31.2 Å². The maximum absolute atomic E-state index is 11.2. The number of nitrogens with one attached hydrogen (secondary N) is 1. The van der Waals surface area contributed by atoms with Crippen molar-refractivity contribution in [3.8, 4) is 0 Å². The van der Waals surface area contributed by atoms with Gasteiger partial charge in [-0.1, -0.05) is 20.3 Å². The van der Waals surface area contributed by atoms with Crippen molar-refractivity contribution in [2.24, 2.45) is 11.8 Å². The molecule has 3 atom stereocenters. The van der Waals surface area contributed by atoms with Gasteiger partial charge in [0.2, 0.25) is 0 Å². The van der Waals surface area contributed by atoms with Crippen molar-refractivity contribution in [2.75, 3.05) is 13.7 Å². The molecule has 3 heteroatoms. The molecule has 1 heterocycles. The number of carbonyl (C=O) groups excluding carboxylic acids is 1. The highest BCUT2D eigenvalue weighted by Crippen LogP contribution is 2.24. The van der Waals surface area contributed by atoms with Gasteiger partial charge in [-0.3, -0.25) is 4.79 Å². The first-order valence-electron chi connectivity index (χ1n) is 5.50. The normalized spacial score (nSPS) is 29.6. The van der Waals surface area contributed by atoms with E-state index in [1.807, 2.05) is 0 Å². The van der Waals surface area contributed by atoms with Gasteiger partial charge >= 0.3 is 5.97 Å². The molecule has 0 aromatic rings. The van der Waals surface area contributed by atoms with E-state index in [2.05, 4.69) is 19.2 Å². The van der Waals surface area contributed by atoms with Crippen LogP contribution < -0.4 is 5.32 Å². The third-order valence-corrected chi connectivity index (χ3v) is 3.39. The number of rotatable bonds is 3. The Kier molecular flexibility index (Phi) is 4.39. The quantitative estimate of drug-likeness (QED) is 0.701. The van der Waals surface area contributed by atoms with E-state index in [-0.39, 0.29) is 12.0 Å². The van der Waals surface area contributed by atoms with Gasteiger partial charge in [0.05, 0.1) is 7.11 Å². The Morgan fingerprint density at radius 2 is 2.29 bits per heavy atom. The molecule has 1 saturated heterocycles. The molecule has 0 saturated carbocycles. The number of piperidine rings is 1. The number of hydrogen-bond donors (Lipinski definition) is 1. The summed E-state index contributed by atoms with van der Waals surface area (Å²) >= 11 is 0. The van der Waals surface area contributed by atoms with Gasteiger partial charge in [-0.05, 0) is 31.2 Å². The summed E-state index contributed by atoms with van der Waals surface area (Å²) in [6.45, 7) is 5.46. The zero-order valence-electron chi connectivity index (χ0n) is 9.38. The molecular weight excluding hydrogens is 178 g/mol. The van der Waals surface area contributed by atoms with Crippen LogP contribution in [0, 0.1) is 11.8 Å². The molecule has 1 aliphatic heterocycles. The van der Waals surface area contributed by atoms with E-state index in [9.17, 15) is 4.79 Å². The smallest absolute Gasteiger partial charge is 0.322 e. The van der Waals surface area contributed by atoms with Gasteiger partial charge in [0.15, 0.2) is 0 Å². The van der Waals surface area contributed by atoms with Crippen LogP contribution in [-0.4, -0.2) is 25.7 Å². The van der Waals surface area contributed by atoms with E-state index < -0.39 is 0 Å². The minimum absolute atomic E-state index is 0.0692. The molecule has 0 bridgehead atoms. The highest BCUT2D eigenvalue weighted by Gasteiger charge is 2.28. The molecule has 2 unspecified atom stereocenters. The average Bonchev–Trinajstić information content (AvgIpc) is 2.27. The van der Waals surface area contributed by atoms with Crippen LogP contribution in [0.5, 0.6) is 0 Å². The maximum Gasteiger partial charge on any atom is 0.322 e. The number of esters is 1. The second-order valence-electron chi connectivity index (χ2n) is 4.21. The van der Waals surface area contributed by atoms with Crippen LogP contribution >= 0.6 is 0 Å². The molecule has 1 rings (SSSR count). The molecule has 0 spiro atoms. The lowest BCUT2D eigenvalue weighted by Gasteiger charge is -2.31. The standard InChI is InChI=1S/C11H21NO2/c1-4-8(2)9-5-6-10(12-7-9)11(13)14-3/h8-10,12H,4-7H2,1-3H3/t8-,9?,10?/m0/s1. The monoisotopic (exact) mass is 199 g/mol. The summed E-state index contributed by atoms with van der Waals surface area (Å²) in [5, 5.41) is 3.26. The van der Waals surface area contributed by atoms with E-state index in [0.29, 0.717) is 0 Å². The van der Waals surface area contributed by atoms with Crippen LogP contribution in [-0.2, 0) is 9.53 Å². The van der Waals surface area contributed by atoms with Crippen molar-refractivity contribution in [3.05, 3.63) is 0 Å². The lowest BCUT2D eigenvalue weighted by Crippen LogP contribution is -2.45. The number of methoxy groups -OCH3 is 1. The lowest BCUT2D eigenvalue weighted by molar-refractivity contribution is -0.144. The van der Waals surface area contributed by atoms with Crippen LogP contribution in [0.2, 0.25) is 0 Å². The summed E-state index contributed by atoms with van der Waals surface area (Å²) in [5.41, 5.74) is 0. The fraction of sp³-hybridized carbons (Fsp3) is 0.909. The minimum Gasteiger partial charge on any atom is -0.468 e. The molecule has 1 fully saturated rings. The van der Waals surface area contributed by atoms with Gasteiger partial charge in [0.1, 0.15) is 6.04 Å². The summed E-state index contributed by atoms with van der Waals surface area (Å²) in [7, 11) is 1.45. The Morgan fingerprint density at radius 1 is 1.57 bits per heavy atom. The zero-order chi connectivity index (χ0) is 10.6. The predicted molar refractivity (Wildman–Crippen MR) is 56.0 cm³/mol. The van der Waals surface area contributed by atoms with Crippen molar-refractivity contribution in [3.63, 3.8) is 0 Å². The molecule has 3 nitrogen and oxygen atoms in total. The summed E-state index contributed by atoms with van der Waals surface area (Å²) in [6.07, 6.45) is 3.28. The second kappa shape index (κ2) is 5.35. The number of carbonyl (C=O) groups is 1. The van der Waals surface area contributed by atoms with Crippen LogP contribution in [0.3, 0.4) is 0 Å². The van der Waals surface area contributed by atoms with Crippen molar-refractivity contribution in [2.45, 2.75) is 39.2 Å². The molecule has 0 radical (unpaired) electrons. The SMILES string of the molecule is CC[C@H](C)C1CCC(C(=O)OC)NC1. The Hall–Kier alpha value is -0.570.